The van der Waals surface area contributed by atoms with Gasteiger partial charge in [0.05, 0.1) is 5.41 Å². The van der Waals surface area contributed by atoms with Gasteiger partial charge in [0.25, 0.3) is 0 Å². The molecule has 2 heterocycles. The highest BCUT2D eigenvalue weighted by Gasteiger charge is 2.54. The molecular formula is C14H21F3N2O3S. The van der Waals surface area contributed by atoms with Crippen LogP contribution in [0, 0.1) is 11.3 Å². The van der Waals surface area contributed by atoms with Crippen molar-refractivity contribution in [3.8, 4) is 0 Å². The first-order valence-electron chi connectivity index (χ1n) is 8.02. The van der Waals surface area contributed by atoms with Crippen LogP contribution in [0.4, 0.5) is 13.2 Å². The molecule has 5 nitrogen and oxygen atoms in total. The summed E-state index contributed by atoms with van der Waals surface area (Å²) in [6.45, 7) is 0.989. The van der Waals surface area contributed by atoms with Gasteiger partial charge in [0.1, 0.15) is 0 Å². The van der Waals surface area contributed by atoms with Crippen molar-refractivity contribution in [2.24, 2.45) is 11.3 Å². The molecule has 0 atom stereocenters. The van der Waals surface area contributed by atoms with E-state index in [-0.39, 0.29) is 31.8 Å². The number of amides is 1. The molecule has 0 aromatic rings. The minimum atomic E-state index is -5.29. The first-order valence-corrected chi connectivity index (χ1v) is 9.46. The van der Waals surface area contributed by atoms with Crippen molar-refractivity contribution in [1.82, 2.24) is 9.21 Å². The predicted octanol–water partition coefficient (Wildman–Crippen LogP) is 1.95. The Morgan fingerprint density at radius 2 is 1.70 bits per heavy atom. The molecule has 0 N–H and O–H groups in total. The zero-order chi connectivity index (χ0) is 16.9. The molecular weight excluding hydrogens is 333 g/mol. The quantitative estimate of drug-likeness (QED) is 0.778. The van der Waals surface area contributed by atoms with Gasteiger partial charge in [-0.15, -0.1) is 0 Å². The van der Waals surface area contributed by atoms with E-state index < -0.39 is 20.9 Å². The second kappa shape index (κ2) is 5.61. The lowest BCUT2D eigenvalue weighted by Crippen LogP contribution is -2.55. The molecule has 0 radical (unpaired) electrons. The summed E-state index contributed by atoms with van der Waals surface area (Å²) in [4.78, 5) is 14.6. The Labute approximate surface area is 133 Å². The van der Waals surface area contributed by atoms with Crippen LogP contribution in [0.3, 0.4) is 0 Å². The second-order valence-electron chi connectivity index (χ2n) is 6.93. The molecule has 0 bridgehead atoms. The highest BCUT2D eigenvalue weighted by atomic mass is 32.2. The summed E-state index contributed by atoms with van der Waals surface area (Å²) in [5, 5.41) is 0. The van der Waals surface area contributed by atoms with Crippen LogP contribution in [-0.2, 0) is 14.8 Å². The zero-order valence-electron chi connectivity index (χ0n) is 12.8. The third-order valence-electron chi connectivity index (χ3n) is 5.31. The molecule has 23 heavy (non-hydrogen) atoms. The Balaban J connectivity index is 1.68. The number of carbonyl (C=O) groups excluding carboxylic acids is 1. The Kier molecular flexibility index (Phi) is 4.15. The van der Waals surface area contributed by atoms with Gasteiger partial charge in [-0.25, -0.2) is 8.42 Å². The number of rotatable bonds is 3. The molecule has 2 aliphatic heterocycles. The monoisotopic (exact) mass is 354 g/mol. The first-order chi connectivity index (χ1) is 10.7. The van der Waals surface area contributed by atoms with Crippen LogP contribution in [-0.4, -0.2) is 55.2 Å². The van der Waals surface area contributed by atoms with Gasteiger partial charge >= 0.3 is 15.5 Å². The largest absolute Gasteiger partial charge is 0.511 e. The third-order valence-corrected chi connectivity index (χ3v) is 6.94. The van der Waals surface area contributed by atoms with E-state index in [1.54, 1.807) is 0 Å². The molecule has 9 heteroatoms. The molecule has 132 valence electrons. The van der Waals surface area contributed by atoms with E-state index in [1.165, 1.54) is 0 Å². The van der Waals surface area contributed by atoms with E-state index in [0.29, 0.717) is 23.2 Å². The van der Waals surface area contributed by atoms with Crippen LogP contribution in [0.2, 0.25) is 0 Å². The van der Waals surface area contributed by atoms with Gasteiger partial charge in [0.15, 0.2) is 0 Å². The summed E-state index contributed by atoms with van der Waals surface area (Å²) in [6, 6.07) is 0. The Hall–Kier alpha value is -0.830. The van der Waals surface area contributed by atoms with Gasteiger partial charge in [-0.1, -0.05) is 0 Å². The zero-order valence-corrected chi connectivity index (χ0v) is 13.6. The number of halogens is 3. The van der Waals surface area contributed by atoms with E-state index in [9.17, 15) is 26.4 Å². The number of alkyl halides is 3. The lowest BCUT2D eigenvalue weighted by Gasteiger charge is -2.46. The number of nitrogens with zero attached hydrogens (tertiary/aromatic N) is 2. The van der Waals surface area contributed by atoms with E-state index in [1.807, 2.05) is 4.90 Å². The van der Waals surface area contributed by atoms with Crippen LogP contribution in [0.5, 0.6) is 0 Å². The van der Waals surface area contributed by atoms with E-state index in [4.69, 9.17) is 0 Å². The Bertz CT molecular complexity index is 579. The Morgan fingerprint density at radius 1 is 1.09 bits per heavy atom. The van der Waals surface area contributed by atoms with Crippen molar-refractivity contribution in [2.45, 2.75) is 44.0 Å². The third kappa shape index (κ3) is 3.09. The lowest BCUT2D eigenvalue weighted by molar-refractivity contribution is -0.149. The van der Waals surface area contributed by atoms with Gasteiger partial charge in [-0.2, -0.15) is 17.5 Å². The summed E-state index contributed by atoms with van der Waals surface area (Å²) < 4.78 is 61.4. The normalized spacial score (nSPS) is 26.7. The molecule has 1 aliphatic carbocycles. The summed E-state index contributed by atoms with van der Waals surface area (Å²) in [5.74, 6) is 0.583. The lowest BCUT2D eigenvalue weighted by atomic mass is 9.72. The van der Waals surface area contributed by atoms with Gasteiger partial charge in [-0.3, -0.25) is 4.79 Å². The van der Waals surface area contributed by atoms with Crippen molar-refractivity contribution >= 4 is 15.9 Å². The fourth-order valence-electron chi connectivity index (χ4n) is 3.70. The van der Waals surface area contributed by atoms with Gasteiger partial charge in [-0.05, 0) is 44.4 Å². The fraction of sp³-hybridized carbons (Fsp3) is 0.929. The molecule has 0 unspecified atom stereocenters. The fourth-order valence-corrected chi connectivity index (χ4v) is 4.66. The van der Waals surface area contributed by atoms with Crippen LogP contribution in [0.25, 0.3) is 0 Å². The number of hydrogen-bond donors (Lipinski definition) is 0. The smallest absolute Gasteiger partial charge is 0.342 e. The topological polar surface area (TPSA) is 57.7 Å². The first kappa shape index (κ1) is 17.0. The molecule has 3 rings (SSSR count). The van der Waals surface area contributed by atoms with Crippen LogP contribution < -0.4 is 0 Å². The average molecular weight is 354 g/mol. The molecule has 3 fully saturated rings. The van der Waals surface area contributed by atoms with E-state index in [2.05, 4.69) is 0 Å². The Morgan fingerprint density at radius 3 is 2.22 bits per heavy atom. The highest BCUT2D eigenvalue weighted by Crippen LogP contribution is 2.43. The van der Waals surface area contributed by atoms with Crippen molar-refractivity contribution in [3.63, 3.8) is 0 Å². The standard InChI is InChI=1S/C14H21F3N2O3S/c15-14(16,17)23(21,22)19-8-5-13(6-9-19)4-1-7-18(12(13)20)10-11-2-3-11/h11H,1-10H2. The second-order valence-corrected chi connectivity index (χ2v) is 8.86. The molecule has 3 aliphatic rings. The number of piperidine rings is 2. The maximum absolute atomic E-state index is 12.8. The highest BCUT2D eigenvalue weighted by molar-refractivity contribution is 7.90. The van der Waals surface area contributed by atoms with Crippen molar-refractivity contribution in [3.05, 3.63) is 0 Å². The summed E-state index contributed by atoms with van der Waals surface area (Å²) in [6.07, 6.45) is 4.12. The minimum Gasteiger partial charge on any atom is -0.342 e. The SMILES string of the molecule is O=C1N(CC2CC2)CCCC12CCN(S(=O)(=O)C(F)(F)F)CC2. The number of hydrogen-bond acceptors (Lipinski definition) is 3. The van der Waals surface area contributed by atoms with Crippen LogP contribution in [0.15, 0.2) is 0 Å². The van der Waals surface area contributed by atoms with E-state index >= 15 is 0 Å². The minimum absolute atomic E-state index is 0.0136. The molecule has 0 aromatic heterocycles. The summed E-state index contributed by atoms with van der Waals surface area (Å²) in [5.41, 5.74) is -5.93. The number of sulfonamides is 1. The van der Waals surface area contributed by atoms with Crippen molar-refractivity contribution < 1.29 is 26.4 Å². The van der Waals surface area contributed by atoms with Gasteiger partial charge < -0.3 is 4.90 Å². The van der Waals surface area contributed by atoms with Gasteiger partial charge in [0.2, 0.25) is 5.91 Å². The maximum atomic E-state index is 12.8. The molecule has 2 saturated heterocycles. The summed E-state index contributed by atoms with van der Waals surface area (Å²) in [7, 11) is -5.29. The predicted molar refractivity (Wildman–Crippen MR) is 76.8 cm³/mol. The number of carbonyl (C=O) groups is 1. The molecule has 0 aromatic carbocycles. The molecule has 1 spiro atoms. The average Bonchev–Trinajstić information content (AvgIpc) is 3.27. The van der Waals surface area contributed by atoms with E-state index in [0.717, 1.165) is 25.8 Å². The van der Waals surface area contributed by atoms with Crippen LogP contribution >= 0.6 is 0 Å². The molecule has 1 amide bonds. The maximum Gasteiger partial charge on any atom is 0.511 e. The van der Waals surface area contributed by atoms with Crippen molar-refractivity contribution in [1.29, 1.82) is 0 Å². The molecule has 1 saturated carbocycles. The van der Waals surface area contributed by atoms with Crippen LogP contribution in [0.1, 0.15) is 38.5 Å². The number of likely N-dealkylation sites (tertiary alicyclic amines) is 1. The van der Waals surface area contributed by atoms with Crippen molar-refractivity contribution in [2.75, 3.05) is 26.2 Å². The van der Waals surface area contributed by atoms with Gasteiger partial charge in [0, 0.05) is 26.2 Å². The summed E-state index contributed by atoms with van der Waals surface area (Å²) >= 11 is 0.